The zero-order valence-corrected chi connectivity index (χ0v) is 14.6. The number of hydrogen-bond acceptors (Lipinski definition) is 6. The highest BCUT2D eigenvalue weighted by molar-refractivity contribution is 5.93. The summed E-state index contributed by atoms with van der Waals surface area (Å²) in [4.78, 5) is 36.1. The van der Waals surface area contributed by atoms with E-state index < -0.39 is 11.7 Å². The second-order valence-electron chi connectivity index (χ2n) is 5.58. The first-order chi connectivity index (χ1) is 13.0. The number of benzene rings is 1. The molecule has 0 aliphatic rings. The molecule has 0 spiro atoms. The number of aromatic nitrogens is 4. The Balaban J connectivity index is 1.79. The number of rotatable bonds is 5. The number of nitrogens with one attached hydrogen (secondary N) is 1. The predicted octanol–water partition coefficient (Wildman–Crippen LogP) is 1.31. The molecular formula is C18H16FN5O3. The SMILES string of the molecule is COc1cc(-c2cc(C(=O)NCc3nccc(=O)n3C)ncn2)ccc1F. The van der Waals surface area contributed by atoms with Crippen LogP contribution in [0, 0.1) is 5.82 Å². The molecule has 0 bridgehead atoms. The first-order valence-corrected chi connectivity index (χ1v) is 7.94. The van der Waals surface area contributed by atoms with E-state index in [4.69, 9.17) is 4.74 Å². The molecule has 1 N–H and O–H groups in total. The molecule has 0 atom stereocenters. The van der Waals surface area contributed by atoms with Gasteiger partial charge in [0.05, 0.1) is 19.3 Å². The molecule has 0 unspecified atom stereocenters. The molecule has 2 aromatic heterocycles. The second kappa shape index (κ2) is 7.73. The minimum atomic E-state index is -0.491. The summed E-state index contributed by atoms with van der Waals surface area (Å²) < 4.78 is 19.9. The minimum absolute atomic E-state index is 0.0646. The van der Waals surface area contributed by atoms with Gasteiger partial charge in [-0.3, -0.25) is 14.2 Å². The summed E-state index contributed by atoms with van der Waals surface area (Å²) in [5, 5.41) is 2.66. The van der Waals surface area contributed by atoms with Crippen molar-refractivity contribution in [3.63, 3.8) is 0 Å². The van der Waals surface area contributed by atoms with Crippen molar-refractivity contribution < 1.29 is 13.9 Å². The van der Waals surface area contributed by atoms with Crippen molar-refractivity contribution in [1.82, 2.24) is 24.8 Å². The van der Waals surface area contributed by atoms with Crippen LogP contribution in [0.25, 0.3) is 11.3 Å². The van der Waals surface area contributed by atoms with E-state index in [9.17, 15) is 14.0 Å². The Morgan fingerprint density at radius 1 is 1.22 bits per heavy atom. The third-order valence-electron chi connectivity index (χ3n) is 3.91. The third-order valence-corrected chi connectivity index (χ3v) is 3.91. The van der Waals surface area contributed by atoms with Gasteiger partial charge in [-0.05, 0) is 24.3 Å². The molecule has 0 aliphatic heterocycles. The van der Waals surface area contributed by atoms with Crippen LogP contribution >= 0.6 is 0 Å². The third kappa shape index (κ3) is 3.97. The van der Waals surface area contributed by atoms with Gasteiger partial charge in [-0.25, -0.2) is 19.3 Å². The van der Waals surface area contributed by atoms with Gasteiger partial charge in [-0.1, -0.05) is 0 Å². The fourth-order valence-corrected chi connectivity index (χ4v) is 2.39. The van der Waals surface area contributed by atoms with Crippen LogP contribution in [-0.2, 0) is 13.6 Å². The van der Waals surface area contributed by atoms with Gasteiger partial charge in [0.2, 0.25) is 0 Å². The van der Waals surface area contributed by atoms with E-state index in [1.54, 1.807) is 7.05 Å². The Bertz CT molecular complexity index is 1050. The normalized spacial score (nSPS) is 10.5. The number of halogens is 1. The summed E-state index contributed by atoms with van der Waals surface area (Å²) in [7, 11) is 2.94. The molecule has 2 heterocycles. The first-order valence-electron chi connectivity index (χ1n) is 7.94. The highest BCUT2D eigenvalue weighted by atomic mass is 19.1. The Hall–Kier alpha value is -3.62. The van der Waals surface area contributed by atoms with Gasteiger partial charge in [-0.2, -0.15) is 0 Å². The highest BCUT2D eigenvalue weighted by Crippen LogP contribution is 2.25. The van der Waals surface area contributed by atoms with Crippen LogP contribution in [-0.4, -0.2) is 32.5 Å². The van der Waals surface area contributed by atoms with Gasteiger partial charge in [0, 0.05) is 24.9 Å². The topological polar surface area (TPSA) is 99.0 Å². The van der Waals surface area contributed by atoms with Crippen molar-refractivity contribution in [1.29, 1.82) is 0 Å². The number of ether oxygens (including phenoxy) is 1. The fourth-order valence-electron chi connectivity index (χ4n) is 2.39. The summed E-state index contributed by atoms with van der Waals surface area (Å²) in [6.45, 7) is 0.0646. The lowest BCUT2D eigenvalue weighted by molar-refractivity contribution is 0.0944. The van der Waals surface area contributed by atoms with Gasteiger partial charge >= 0.3 is 0 Å². The van der Waals surface area contributed by atoms with Crippen LogP contribution in [0.1, 0.15) is 16.3 Å². The average Bonchev–Trinajstić information content (AvgIpc) is 2.69. The molecule has 9 heteroatoms. The lowest BCUT2D eigenvalue weighted by atomic mass is 10.1. The van der Waals surface area contributed by atoms with Crippen molar-refractivity contribution in [3.05, 3.63) is 70.5 Å². The van der Waals surface area contributed by atoms with Gasteiger partial charge in [0.25, 0.3) is 11.5 Å². The maximum Gasteiger partial charge on any atom is 0.270 e. The maximum absolute atomic E-state index is 13.6. The maximum atomic E-state index is 13.6. The van der Waals surface area contributed by atoms with E-state index >= 15 is 0 Å². The number of nitrogens with zero attached hydrogens (tertiary/aromatic N) is 4. The summed E-state index contributed by atoms with van der Waals surface area (Å²) in [5.41, 5.74) is 0.934. The van der Waals surface area contributed by atoms with Gasteiger partial charge < -0.3 is 10.1 Å². The summed E-state index contributed by atoms with van der Waals surface area (Å²) in [5.74, 6) is -0.457. The van der Waals surface area contributed by atoms with Crippen LogP contribution in [0.5, 0.6) is 5.75 Å². The van der Waals surface area contributed by atoms with Gasteiger partial charge in [0.15, 0.2) is 11.6 Å². The molecule has 3 aromatic rings. The lowest BCUT2D eigenvalue weighted by Gasteiger charge is -2.09. The second-order valence-corrected chi connectivity index (χ2v) is 5.58. The van der Waals surface area contributed by atoms with Gasteiger partial charge in [-0.15, -0.1) is 0 Å². The van der Waals surface area contributed by atoms with E-state index in [1.165, 1.54) is 54.5 Å². The Labute approximate surface area is 153 Å². The fraction of sp³-hybridized carbons (Fsp3) is 0.167. The standard InChI is InChI=1S/C18H16FN5O3/c1-24-16(20-6-5-17(24)25)9-21-18(26)14-8-13(22-10-23-14)11-3-4-12(19)15(7-11)27-2/h3-8,10H,9H2,1-2H3,(H,21,26). The largest absolute Gasteiger partial charge is 0.494 e. The monoisotopic (exact) mass is 369 g/mol. The van der Waals surface area contributed by atoms with Crippen LogP contribution in [0.3, 0.4) is 0 Å². The van der Waals surface area contributed by atoms with E-state index in [1.807, 2.05) is 0 Å². The lowest BCUT2D eigenvalue weighted by Crippen LogP contribution is -2.29. The molecule has 1 aromatic carbocycles. The molecule has 27 heavy (non-hydrogen) atoms. The predicted molar refractivity (Wildman–Crippen MR) is 94.6 cm³/mol. The highest BCUT2D eigenvalue weighted by Gasteiger charge is 2.12. The first kappa shape index (κ1) is 18.2. The van der Waals surface area contributed by atoms with Crippen molar-refractivity contribution in [2.45, 2.75) is 6.54 Å². The number of carbonyl (C=O) groups excluding carboxylic acids is 1. The molecule has 0 fully saturated rings. The molecule has 0 radical (unpaired) electrons. The zero-order valence-electron chi connectivity index (χ0n) is 14.6. The Morgan fingerprint density at radius 2 is 2.04 bits per heavy atom. The number of amides is 1. The molecule has 0 saturated heterocycles. The zero-order chi connectivity index (χ0) is 19.4. The van der Waals surface area contributed by atoms with Gasteiger partial charge in [0.1, 0.15) is 17.8 Å². The number of hydrogen-bond donors (Lipinski definition) is 1. The number of methoxy groups -OCH3 is 1. The van der Waals surface area contributed by atoms with Crippen LogP contribution < -0.4 is 15.6 Å². The molecule has 8 nitrogen and oxygen atoms in total. The summed E-state index contributed by atoms with van der Waals surface area (Å²) >= 11 is 0. The van der Waals surface area contributed by atoms with E-state index in [0.29, 0.717) is 17.1 Å². The molecule has 0 aliphatic carbocycles. The Morgan fingerprint density at radius 3 is 2.81 bits per heavy atom. The molecule has 0 saturated carbocycles. The molecule has 1 amide bonds. The quantitative estimate of drug-likeness (QED) is 0.728. The minimum Gasteiger partial charge on any atom is -0.494 e. The van der Waals surface area contributed by atoms with E-state index in [0.717, 1.165) is 0 Å². The average molecular weight is 369 g/mol. The Kier molecular flexibility index (Phi) is 5.20. The van der Waals surface area contributed by atoms with Crippen LogP contribution in [0.2, 0.25) is 0 Å². The number of carbonyl (C=O) groups is 1. The van der Waals surface area contributed by atoms with Crippen LogP contribution in [0.4, 0.5) is 4.39 Å². The van der Waals surface area contributed by atoms with Crippen molar-refractivity contribution in [2.24, 2.45) is 7.05 Å². The van der Waals surface area contributed by atoms with E-state index in [-0.39, 0.29) is 23.5 Å². The van der Waals surface area contributed by atoms with E-state index in [2.05, 4.69) is 20.3 Å². The van der Waals surface area contributed by atoms with Crippen molar-refractivity contribution in [2.75, 3.05) is 7.11 Å². The van der Waals surface area contributed by atoms with Crippen LogP contribution in [0.15, 0.2) is 47.7 Å². The molecule has 3 rings (SSSR count). The summed E-state index contributed by atoms with van der Waals surface area (Å²) in [6, 6.07) is 7.10. The smallest absolute Gasteiger partial charge is 0.270 e. The molecular weight excluding hydrogens is 353 g/mol. The molecule has 138 valence electrons. The van der Waals surface area contributed by atoms with Crippen molar-refractivity contribution in [3.8, 4) is 17.0 Å². The summed E-state index contributed by atoms with van der Waals surface area (Å²) in [6.07, 6.45) is 2.63. The van der Waals surface area contributed by atoms with Crippen molar-refractivity contribution >= 4 is 5.91 Å².